The molecule has 0 aromatic rings. The maximum atomic E-state index is 5.87. The fourth-order valence-electron chi connectivity index (χ4n) is 2.14. The van der Waals surface area contributed by atoms with E-state index in [1.807, 2.05) is 0 Å². The van der Waals surface area contributed by atoms with E-state index >= 15 is 0 Å². The molecule has 0 N–H and O–H groups in total. The quantitative estimate of drug-likeness (QED) is 0.642. The van der Waals surface area contributed by atoms with Crippen molar-refractivity contribution in [2.45, 2.75) is 52.2 Å². The zero-order chi connectivity index (χ0) is 10.2. The fourth-order valence-corrected chi connectivity index (χ4v) is 2.14. The molecule has 1 saturated heterocycles. The SMILES string of the molecule is C[C@H]1CCC[C@@H](C2=CC(C)(C)CO2)O1. The van der Waals surface area contributed by atoms with Crippen LogP contribution in [0.4, 0.5) is 0 Å². The van der Waals surface area contributed by atoms with E-state index in [0.717, 1.165) is 18.8 Å². The highest BCUT2D eigenvalue weighted by molar-refractivity contribution is 5.12. The lowest BCUT2D eigenvalue weighted by Crippen LogP contribution is -2.27. The molecule has 2 heterocycles. The molecule has 2 aliphatic rings. The van der Waals surface area contributed by atoms with E-state index in [0.29, 0.717) is 6.10 Å². The van der Waals surface area contributed by atoms with Gasteiger partial charge in [-0.15, -0.1) is 0 Å². The normalized spacial score (nSPS) is 36.4. The molecule has 2 nitrogen and oxygen atoms in total. The van der Waals surface area contributed by atoms with Crippen molar-refractivity contribution in [2.24, 2.45) is 5.41 Å². The standard InChI is InChI=1S/C12H20O2/c1-9-5-4-6-10(14-9)11-7-12(2,3)8-13-11/h7,9-10H,4-6,8H2,1-3H3/t9-,10-/m0/s1. The second-order valence-corrected chi connectivity index (χ2v) is 5.19. The van der Waals surface area contributed by atoms with Crippen LogP contribution in [0.25, 0.3) is 0 Å². The van der Waals surface area contributed by atoms with Gasteiger partial charge in [-0.05, 0) is 32.3 Å². The van der Waals surface area contributed by atoms with E-state index in [9.17, 15) is 0 Å². The van der Waals surface area contributed by atoms with Crippen molar-refractivity contribution in [1.29, 1.82) is 0 Å². The van der Waals surface area contributed by atoms with Gasteiger partial charge in [-0.2, -0.15) is 0 Å². The van der Waals surface area contributed by atoms with Gasteiger partial charge in [0, 0.05) is 5.41 Å². The molecular weight excluding hydrogens is 176 g/mol. The van der Waals surface area contributed by atoms with Crippen molar-refractivity contribution in [3.8, 4) is 0 Å². The predicted octanol–water partition coefficient (Wildman–Crippen LogP) is 2.88. The number of hydrogen-bond acceptors (Lipinski definition) is 2. The first-order valence-corrected chi connectivity index (χ1v) is 5.58. The van der Waals surface area contributed by atoms with Gasteiger partial charge in [0.25, 0.3) is 0 Å². The van der Waals surface area contributed by atoms with Crippen LogP contribution in [0.2, 0.25) is 0 Å². The van der Waals surface area contributed by atoms with E-state index in [1.54, 1.807) is 0 Å². The molecule has 0 aromatic carbocycles. The highest BCUT2D eigenvalue weighted by Gasteiger charge is 2.31. The lowest BCUT2D eigenvalue weighted by Gasteiger charge is -2.28. The first-order valence-electron chi connectivity index (χ1n) is 5.58. The lowest BCUT2D eigenvalue weighted by atomic mass is 9.94. The molecule has 2 heteroatoms. The Morgan fingerprint density at radius 2 is 2.14 bits per heavy atom. The Morgan fingerprint density at radius 3 is 2.71 bits per heavy atom. The molecule has 0 radical (unpaired) electrons. The van der Waals surface area contributed by atoms with Crippen LogP contribution in [-0.2, 0) is 9.47 Å². The average molecular weight is 196 g/mol. The third-order valence-corrected chi connectivity index (χ3v) is 2.93. The molecule has 80 valence electrons. The van der Waals surface area contributed by atoms with Gasteiger partial charge in [0.05, 0.1) is 12.7 Å². The topological polar surface area (TPSA) is 18.5 Å². The molecule has 1 fully saturated rings. The van der Waals surface area contributed by atoms with E-state index in [2.05, 4.69) is 26.8 Å². The molecule has 2 rings (SSSR count). The third kappa shape index (κ3) is 2.11. The Bertz CT molecular complexity index is 243. The summed E-state index contributed by atoms with van der Waals surface area (Å²) in [6.07, 6.45) is 6.41. The zero-order valence-corrected chi connectivity index (χ0v) is 9.38. The summed E-state index contributed by atoms with van der Waals surface area (Å²) in [4.78, 5) is 0. The van der Waals surface area contributed by atoms with Crippen LogP contribution >= 0.6 is 0 Å². The van der Waals surface area contributed by atoms with Gasteiger partial charge in [-0.3, -0.25) is 0 Å². The molecule has 0 unspecified atom stereocenters. The van der Waals surface area contributed by atoms with Crippen LogP contribution in [-0.4, -0.2) is 18.8 Å². The molecule has 0 aliphatic carbocycles. The molecule has 0 bridgehead atoms. The summed E-state index contributed by atoms with van der Waals surface area (Å²) < 4.78 is 11.6. The minimum absolute atomic E-state index is 0.194. The largest absolute Gasteiger partial charge is 0.495 e. The van der Waals surface area contributed by atoms with E-state index in [1.165, 1.54) is 12.8 Å². The van der Waals surface area contributed by atoms with Crippen LogP contribution in [0.1, 0.15) is 40.0 Å². The van der Waals surface area contributed by atoms with Gasteiger partial charge in [0.1, 0.15) is 11.9 Å². The fraction of sp³-hybridized carbons (Fsp3) is 0.833. The Kier molecular flexibility index (Phi) is 2.56. The van der Waals surface area contributed by atoms with Crippen LogP contribution in [0, 0.1) is 5.41 Å². The summed E-state index contributed by atoms with van der Waals surface area (Å²) >= 11 is 0. The van der Waals surface area contributed by atoms with Crippen molar-refractivity contribution in [3.05, 3.63) is 11.8 Å². The van der Waals surface area contributed by atoms with Crippen molar-refractivity contribution in [3.63, 3.8) is 0 Å². The van der Waals surface area contributed by atoms with Crippen LogP contribution < -0.4 is 0 Å². The summed E-state index contributed by atoms with van der Waals surface area (Å²) in [5.74, 6) is 1.07. The first-order chi connectivity index (χ1) is 6.57. The van der Waals surface area contributed by atoms with Crippen LogP contribution in [0.3, 0.4) is 0 Å². The average Bonchev–Trinajstić information content (AvgIpc) is 2.46. The molecule has 0 aromatic heterocycles. The second kappa shape index (κ2) is 3.58. The molecule has 0 saturated carbocycles. The molecule has 14 heavy (non-hydrogen) atoms. The highest BCUT2D eigenvalue weighted by Crippen LogP contribution is 2.33. The predicted molar refractivity (Wildman–Crippen MR) is 56.0 cm³/mol. The molecule has 2 aliphatic heterocycles. The van der Waals surface area contributed by atoms with Gasteiger partial charge >= 0.3 is 0 Å². The van der Waals surface area contributed by atoms with Gasteiger partial charge in [0.2, 0.25) is 0 Å². The van der Waals surface area contributed by atoms with Gasteiger partial charge in [0.15, 0.2) is 0 Å². The van der Waals surface area contributed by atoms with Gasteiger partial charge in [-0.1, -0.05) is 13.8 Å². The summed E-state index contributed by atoms with van der Waals surface area (Å²) in [7, 11) is 0. The zero-order valence-electron chi connectivity index (χ0n) is 9.38. The van der Waals surface area contributed by atoms with E-state index in [-0.39, 0.29) is 11.5 Å². The number of rotatable bonds is 1. The molecule has 0 spiro atoms. The Morgan fingerprint density at radius 1 is 1.36 bits per heavy atom. The number of hydrogen-bond donors (Lipinski definition) is 0. The summed E-state index contributed by atoms with van der Waals surface area (Å²) in [6.45, 7) is 7.35. The van der Waals surface area contributed by atoms with Crippen molar-refractivity contribution < 1.29 is 9.47 Å². The van der Waals surface area contributed by atoms with Crippen LogP contribution in [0.15, 0.2) is 11.8 Å². The Balaban J connectivity index is 2.02. The Hall–Kier alpha value is -0.500. The third-order valence-electron chi connectivity index (χ3n) is 2.93. The lowest BCUT2D eigenvalue weighted by molar-refractivity contribution is -0.0449. The van der Waals surface area contributed by atoms with Gasteiger partial charge < -0.3 is 9.47 Å². The summed E-state index contributed by atoms with van der Waals surface area (Å²) in [6, 6.07) is 0. The summed E-state index contributed by atoms with van der Waals surface area (Å²) in [5.41, 5.74) is 0.194. The minimum Gasteiger partial charge on any atom is -0.495 e. The number of ether oxygens (including phenoxy) is 2. The van der Waals surface area contributed by atoms with Crippen molar-refractivity contribution in [1.82, 2.24) is 0 Å². The van der Waals surface area contributed by atoms with Crippen LogP contribution in [0.5, 0.6) is 0 Å². The van der Waals surface area contributed by atoms with Crippen molar-refractivity contribution in [2.75, 3.05) is 6.61 Å². The smallest absolute Gasteiger partial charge is 0.121 e. The molecule has 0 amide bonds. The van der Waals surface area contributed by atoms with Gasteiger partial charge in [-0.25, -0.2) is 0 Å². The second-order valence-electron chi connectivity index (χ2n) is 5.19. The maximum Gasteiger partial charge on any atom is 0.121 e. The molecule has 2 atom stereocenters. The van der Waals surface area contributed by atoms with E-state index < -0.39 is 0 Å². The maximum absolute atomic E-state index is 5.87. The summed E-state index contributed by atoms with van der Waals surface area (Å²) in [5, 5.41) is 0. The molecular formula is C12H20O2. The highest BCUT2D eigenvalue weighted by atomic mass is 16.5. The first kappa shape index (κ1) is 10.0. The monoisotopic (exact) mass is 196 g/mol. The van der Waals surface area contributed by atoms with E-state index in [4.69, 9.17) is 9.47 Å². The Labute approximate surface area is 86.3 Å². The minimum atomic E-state index is 0.194. The van der Waals surface area contributed by atoms with Crippen molar-refractivity contribution >= 4 is 0 Å².